The average molecular weight is 272 g/mol. The molecule has 0 saturated heterocycles. The number of unbranched alkanes of at least 4 members (excludes halogenated alkanes) is 1. The third-order valence-electron chi connectivity index (χ3n) is 2.35. The molecule has 0 spiro atoms. The van der Waals surface area contributed by atoms with Gasteiger partial charge in [-0.3, -0.25) is 0 Å². The van der Waals surface area contributed by atoms with Crippen LogP contribution in [0.5, 0.6) is 0 Å². The molecule has 17 heavy (non-hydrogen) atoms. The maximum atomic E-state index is 5.22. The van der Waals surface area contributed by atoms with Crippen LogP contribution in [0.2, 0.25) is 0 Å². The molecule has 0 radical (unpaired) electrons. The lowest BCUT2D eigenvalue weighted by Gasteiger charge is -1.98. The van der Waals surface area contributed by atoms with Crippen molar-refractivity contribution in [1.29, 1.82) is 0 Å². The van der Waals surface area contributed by atoms with E-state index in [1.165, 1.54) is 24.0 Å². The van der Waals surface area contributed by atoms with Crippen molar-refractivity contribution < 1.29 is 4.52 Å². The van der Waals surface area contributed by atoms with Gasteiger partial charge >= 0.3 is 0 Å². The first-order chi connectivity index (χ1) is 8.16. The summed E-state index contributed by atoms with van der Waals surface area (Å²) in [7, 11) is 3.09. The van der Waals surface area contributed by atoms with Gasteiger partial charge in [0.25, 0.3) is 0 Å². The van der Waals surface area contributed by atoms with Crippen LogP contribution in [0.4, 0.5) is 0 Å². The van der Waals surface area contributed by atoms with Crippen molar-refractivity contribution in [3.05, 3.63) is 35.5 Å². The van der Waals surface area contributed by atoms with Gasteiger partial charge in [-0.1, -0.05) is 44.4 Å². The smallest absolute Gasteiger partial charge is 0.0691 e. The molecule has 0 amide bonds. The minimum Gasteiger partial charge on any atom is -0.354 e. The van der Waals surface area contributed by atoms with E-state index < -0.39 is 0 Å². The Labute approximate surface area is 111 Å². The normalized spacial score (nSPS) is 12.8. The zero-order valence-corrected chi connectivity index (χ0v) is 13.5. The van der Waals surface area contributed by atoms with Crippen LogP contribution in [0, 0.1) is 0 Å². The molecule has 0 aromatic rings. The molecule has 0 aliphatic rings. The number of rotatable bonds is 9. The Bertz CT molecular complexity index is 263. The summed E-state index contributed by atoms with van der Waals surface area (Å²) >= 11 is 0. The summed E-state index contributed by atoms with van der Waals surface area (Å²) in [5.41, 5.74) is 2.91. The first kappa shape index (κ1) is 17.0. The van der Waals surface area contributed by atoms with Crippen molar-refractivity contribution in [3.8, 4) is 0 Å². The van der Waals surface area contributed by atoms with Crippen molar-refractivity contribution in [1.82, 2.24) is 0 Å². The maximum Gasteiger partial charge on any atom is 0.0691 e. The Hall–Kier alpha value is 0.0400. The standard InChI is InChI=1S/C14H26OP2/c1-13(2)9-8-11-14(3)10-6-4-5-7-12-15-17-16/h5,7,9-10,17H,4,6,8,11-12,16H2,1-3H3/b7-5+,14-10+. The van der Waals surface area contributed by atoms with Crippen molar-refractivity contribution in [2.75, 3.05) is 6.61 Å². The third-order valence-corrected chi connectivity index (χ3v) is 3.18. The van der Waals surface area contributed by atoms with E-state index in [0.29, 0.717) is 8.50 Å². The van der Waals surface area contributed by atoms with Crippen LogP contribution in [0.3, 0.4) is 0 Å². The summed E-state index contributed by atoms with van der Waals surface area (Å²) in [6, 6.07) is 0. The van der Waals surface area contributed by atoms with Crippen molar-refractivity contribution in [3.63, 3.8) is 0 Å². The van der Waals surface area contributed by atoms with E-state index in [2.05, 4.69) is 54.0 Å². The molecule has 0 aliphatic heterocycles. The highest BCUT2D eigenvalue weighted by Crippen LogP contribution is 2.20. The topological polar surface area (TPSA) is 9.23 Å². The lowest BCUT2D eigenvalue weighted by Crippen LogP contribution is -1.78. The minimum absolute atomic E-state index is 0.511. The summed E-state index contributed by atoms with van der Waals surface area (Å²) in [6.45, 7) is 7.27. The molecule has 0 heterocycles. The predicted molar refractivity (Wildman–Crippen MR) is 84.8 cm³/mol. The molecule has 0 N–H and O–H groups in total. The minimum atomic E-state index is 0.511. The van der Waals surface area contributed by atoms with Crippen LogP contribution in [-0.2, 0) is 4.52 Å². The van der Waals surface area contributed by atoms with E-state index in [-0.39, 0.29) is 0 Å². The highest BCUT2D eigenvalue weighted by Gasteiger charge is 1.88. The van der Waals surface area contributed by atoms with Crippen LogP contribution in [0.25, 0.3) is 0 Å². The van der Waals surface area contributed by atoms with E-state index in [1.807, 2.05) is 0 Å². The first-order valence-corrected chi connectivity index (χ1v) is 8.90. The molecule has 1 nitrogen and oxygen atoms in total. The van der Waals surface area contributed by atoms with Gasteiger partial charge in [0.1, 0.15) is 0 Å². The largest absolute Gasteiger partial charge is 0.354 e. The van der Waals surface area contributed by atoms with E-state index in [1.54, 1.807) is 0 Å². The molecule has 98 valence electrons. The molecular formula is C14H26OP2. The van der Waals surface area contributed by atoms with Crippen molar-refractivity contribution in [2.45, 2.75) is 46.5 Å². The first-order valence-electron chi connectivity index (χ1n) is 6.18. The fourth-order valence-electron chi connectivity index (χ4n) is 1.40. The molecule has 3 heteroatoms. The van der Waals surface area contributed by atoms with E-state index in [0.717, 1.165) is 19.4 Å². The zero-order valence-electron chi connectivity index (χ0n) is 11.3. The molecule has 0 aromatic carbocycles. The Morgan fingerprint density at radius 3 is 2.47 bits per heavy atom. The molecule has 0 bridgehead atoms. The van der Waals surface area contributed by atoms with Gasteiger partial charge in [0.05, 0.1) is 6.61 Å². The van der Waals surface area contributed by atoms with Gasteiger partial charge in [0, 0.05) is 8.50 Å². The molecule has 0 saturated carbocycles. The quantitative estimate of drug-likeness (QED) is 0.309. The average Bonchev–Trinajstić information content (AvgIpc) is 2.27. The summed E-state index contributed by atoms with van der Waals surface area (Å²) in [5, 5.41) is 0. The second kappa shape index (κ2) is 12.5. The fraction of sp³-hybridized carbons (Fsp3) is 0.571. The number of allylic oxidation sites excluding steroid dienone is 5. The number of hydrogen-bond donors (Lipinski definition) is 0. The Morgan fingerprint density at radius 1 is 1.06 bits per heavy atom. The number of hydrogen-bond acceptors (Lipinski definition) is 1. The molecular weight excluding hydrogens is 246 g/mol. The van der Waals surface area contributed by atoms with Crippen LogP contribution in [0.15, 0.2) is 35.5 Å². The molecule has 0 rings (SSSR count). The molecule has 2 unspecified atom stereocenters. The Morgan fingerprint density at radius 2 is 1.82 bits per heavy atom. The Kier molecular flexibility index (Phi) is 12.5. The molecule has 0 aromatic heterocycles. The lowest BCUT2D eigenvalue weighted by molar-refractivity contribution is 0.423. The molecule has 0 aliphatic carbocycles. The van der Waals surface area contributed by atoms with Gasteiger partial charge in [-0.05, 0) is 46.5 Å². The second-order valence-corrected chi connectivity index (χ2v) is 5.58. The summed E-state index contributed by atoms with van der Waals surface area (Å²) in [6.07, 6.45) is 13.6. The van der Waals surface area contributed by atoms with E-state index >= 15 is 0 Å². The summed E-state index contributed by atoms with van der Waals surface area (Å²) in [4.78, 5) is 0. The van der Waals surface area contributed by atoms with Crippen LogP contribution in [0.1, 0.15) is 46.5 Å². The fourth-order valence-corrected chi connectivity index (χ4v) is 1.88. The van der Waals surface area contributed by atoms with E-state index in [9.17, 15) is 0 Å². The van der Waals surface area contributed by atoms with Gasteiger partial charge in [0.2, 0.25) is 0 Å². The van der Waals surface area contributed by atoms with Crippen LogP contribution >= 0.6 is 17.4 Å². The maximum absolute atomic E-state index is 5.22. The van der Waals surface area contributed by atoms with E-state index in [4.69, 9.17) is 4.52 Å². The van der Waals surface area contributed by atoms with Gasteiger partial charge in [0.15, 0.2) is 0 Å². The zero-order chi connectivity index (χ0) is 12.9. The van der Waals surface area contributed by atoms with Crippen molar-refractivity contribution in [2.24, 2.45) is 0 Å². The highest BCUT2D eigenvalue weighted by molar-refractivity contribution is 8.00. The van der Waals surface area contributed by atoms with Crippen molar-refractivity contribution >= 4 is 17.4 Å². The van der Waals surface area contributed by atoms with Gasteiger partial charge in [-0.2, -0.15) is 0 Å². The van der Waals surface area contributed by atoms with Gasteiger partial charge in [-0.25, -0.2) is 0 Å². The van der Waals surface area contributed by atoms with Crippen LogP contribution in [-0.4, -0.2) is 6.61 Å². The predicted octanol–water partition coefficient (Wildman–Crippen LogP) is 5.42. The van der Waals surface area contributed by atoms with Gasteiger partial charge in [-0.15, -0.1) is 0 Å². The summed E-state index contributed by atoms with van der Waals surface area (Å²) < 4.78 is 5.22. The molecule has 0 fully saturated rings. The van der Waals surface area contributed by atoms with Crippen LogP contribution < -0.4 is 0 Å². The third kappa shape index (κ3) is 14.0. The van der Waals surface area contributed by atoms with Gasteiger partial charge < -0.3 is 4.52 Å². The lowest BCUT2D eigenvalue weighted by atomic mass is 10.1. The Balaban J connectivity index is 3.56. The second-order valence-electron chi connectivity index (χ2n) is 4.35. The molecule has 2 atom stereocenters. The SMILES string of the molecule is CC(C)=CCC/C(C)=C/CC/C=C/COPP. The highest BCUT2D eigenvalue weighted by atomic mass is 32.0. The summed E-state index contributed by atoms with van der Waals surface area (Å²) in [5.74, 6) is 0. The monoisotopic (exact) mass is 272 g/mol.